The predicted molar refractivity (Wildman–Crippen MR) is 78.9 cm³/mol. The van der Waals surface area contributed by atoms with Crippen LogP contribution >= 0.6 is 22.6 Å². The van der Waals surface area contributed by atoms with Crippen LogP contribution in [0, 0.1) is 21.8 Å². The van der Waals surface area contributed by atoms with Crippen LogP contribution in [0.3, 0.4) is 0 Å². The first-order chi connectivity index (χ1) is 9.43. The van der Waals surface area contributed by atoms with E-state index in [1.807, 2.05) is 28.7 Å². The van der Waals surface area contributed by atoms with E-state index in [-0.39, 0.29) is 5.56 Å². The van der Waals surface area contributed by atoms with E-state index in [1.54, 1.807) is 20.0 Å². The van der Waals surface area contributed by atoms with Crippen LogP contribution in [-0.4, -0.2) is 20.9 Å². The summed E-state index contributed by atoms with van der Waals surface area (Å²) in [5.74, 6) is -0.358. The van der Waals surface area contributed by atoms with Crippen molar-refractivity contribution >= 4 is 28.6 Å². The van der Waals surface area contributed by atoms with Crippen LogP contribution in [0.15, 0.2) is 18.2 Å². The number of halogens is 1. The maximum Gasteiger partial charge on any atom is 0.335 e. The zero-order valence-electron chi connectivity index (χ0n) is 10.7. The number of hydrogen-bond acceptors (Lipinski definition) is 4. The Balaban J connectivity index is 2.48. The quantitative estimate of drug-likeness (QED) is 0.824. The summed E-state index contributed by atoms with van der Waals surface area (Å²) < 4.78 is 7.88. The van der Waals surface area contributed by atoms with Crippen LogP contribution in [0.1, 0.15) is 21.6 Å². The van der Waals surface area contributed by atoms with Crippen molar-refractivity contribution in [1.29, 1.82) is 5.26 Å². The predicted octanol–water partition coefficient (Wildman–Crippen LogP) is 2.70. The molecule has 0 spiro atoms. The third kappa shape index (κ3) is 2.60. The first-order valence-electron chi connectivity index (χ1n) is 5.58. The number of rotatable bonds is 3. The summed E-state index contributed by atoms with van der Waals surface area (Å²) in [6, 6.07) is 6.60. The van der Waals surface area contributed by atoms with E-state index in [2.05, 4.69) is 5.10 Å². The second-order valence-electron chi connectivity index (χ2n) is 4.05. The lowest BCUT2D eigenvalue weighted by Crippen LogP contribution is -2.00. The molecule has 0 atom stereocenters. The highest BCUT2D eigenvalue weighted by molar-refractivity contribution is 14.1. The molecule has 0 radical (unpaired) electrons. The number of benzene rings is 1. The minimum Gasteiger partial charge on any atom is -0.478 e. The fourth-order valence-electron chi connectivity index (χ4n) is 1.70. The van der Waals surface area contributed by atoms with Gasteiger partial charge in [0.1, 0.15) is 17.4 Å². The summed E-state index contributed by atoms with van der Waals surface area (Å²) in [5, 5.41) is 22.2. The van der Waals surface area contributed by atoms with E-state index in [0.717, 1.165) is 3.57 Å². The largest absolute Gasteiger partial charge is 0.478 e. The molecule has 1 N–H and O–H groups in total. The Morgan fingerprint density at radius 1 is 1.55 bits per heavy atom. The zero-order valence-corrected chi connectivity index (χ0v) is 12.9. The van der Waals surface area contributed by atoms with E-state index in [4.69, 9.17) is 15.1 Å². The molecular formula is C13H10IN3O3. The second kappa shape index (κ2) is 5.50. The standard InChI is InChI=1S/C13H10IN3O3/c1-7-9(6-15)12(17(2)16-7)20-11-5-8(13(18)19)3-4-10(11)14/h3-5H,1-2H3,(H,18,19). The van der Waals surface area contributed by atoms with Gasteiger partial charge in [0, 0.05) is 7.05 Å². The highest BCUT2D eigenvalue weighted by Gasteiger charge is 2.17. The molecule has 1 heterocycles. The second-order valence-corrected chi connectivity index (χ2v) is 5.22. The van der Waals surface area contributed by atoms with Crippen LogP contribution < -0.4 is 4.74 Å². The van der Waals surface area contributed by atoms with Gasteiger partial charge in [0.2, 0.25) is 5.88 Å². The number of nitriles is 1. The van der Waals surface area contributed by atoms with Crippen LogP contribution in [0.25, 0.3) is 0 Å². The topological polar surface area (TPSA) is 88.1 Å². The molecule has 0 saturated carbocycles. The molecule has 0 amide bonds. The van der Waals surface area contributed by atoms with Crippen LogP contribution in [-0.2, 0) is 7.05 Å². The number of carbonyl (C=O) groups is 1. The summed E-state index contributed by atoms with van der Waals surface area (Å²) in [4.78, 5) is 11.0. The number of aromatic nitrogens is 2. The number of aryl methyl sites for hydroxylation is 2. The van der Waals surface area contributed by atoms with Gasteiger partial charge in [0.25, 0.3) is 0 Å². The molecule has 102 valence electrons. The number of nitrogens with zero attached hydrogens (tertiary/aromatic N) is 3. The average molecular weight is 383 g/mol. The van der Waals surface area contributed by atoms with Crippen LogP contribution in [0.4, 0.5) is 0 Å². The lowest BCUT2D eigenvalue weighted by molar-refractivity contribution is 0.0696. The molecule has 0 aliphatic carbocycles. The van der Waals surface area contributed by atoms with Crippen molar-refractivity contribution in [2.45, 2.75) is 6.92 Å². The van der Waals surface area contributed by atoms with Crippen molar-refractivity contribution < 1.29 is 14.6 Å². The van der Waals surface area contributed by atoms with E-state index >= 15 is 0 Å². The number of carboxylic acid groups (broad SMARTS) is 1. The maximum atomic E-state index is 11.0. The number of aromatic carboxylic acids is 1. The SMILES string of the molecule is Cc1nn(C)c(Oc2cc(C(=O)O)ccc2I)c1C#N. The fourth-order valence-corrected chi connectivity index (χ4v) is 2.15. The van der Waals surface area contributed by atoms with Gasteiger partial charge in [-0.2, -0.15) is 10.4 Å². The molecule has 0 aliphatic heterocycles. The molecule has 2 aromatic rings. The highest BCUT2D eigenvalue weighted by Crippen LogP contribution is 2.30. The van der Waals surface area contributed by atoms with Gasteiger partial charge >= 0.3 is 5.97 Å². The first-order valence-corrected chi connectivity index (χ1v) is 6.66. The van der Waals surface area contributed by atoms with E-state index < -0.39 is 5.97 Å². The highest BCUT2D eigenvalue weighted by atomic mass is 127. The van der Waals surface area contributed by atoms with Crippen molar-refractivity contribution in [2.24, 2.45) is 7.05 Å². The zero-order chi connectivity index (χ0) is 14.9. The molecule has 6 nitrogen and oxygen atoms in total. The molecule has 0 bridgehead atoms. The van der Waals surface area contributed by atoms with Crippen molar-refractivity contribution in [1.82, 2.24) is 9.78 Å². The average Bonchev–Trinajstić information content (AvgIpc) is 2.66. The Bertz CT molecular complexity index is 731. The van der Waals surface area contributed by atoms with Crippen molar-refractivity contribution in [3.8, 4) is 17.7 Å². The molecule has 1 aromatic heterocycles. The van der Waals surface area contributed by atoms with Crippen LogP contribution in [0.5, 0.6) is 11.6 Å². The maximum absolute atomic E-state index is 11.0. The third-order valence-corrected chi connectivity index (χ3v) is 3.56. The molecule has 2 rings (SSSR count). The van der Waals surface area contributed by atoms with Gasteiger partial charge in [-0.1, -0.05) is 0 Å². The summed E-state index contributed by atoms with van der Waals surface area (Å²) in [6.07, 6.45) is 0. The molecule has 20 heavy (non-hydrogen) atoms. The minimum atomic E-state index is -1.03. The van der Waals surface area contributed by atoms with Gasteiger partial charge in [0.15, 0.2) is 0 Å². The smallest absolute Gasteiger partial charge is 0.335 e. The van der Waals surface area contributed by atoms with Gasteiger partial charge in [-0.05, 0) is 47.7 Å². The van der Waals surface area contributed by atoms with Crippen molar-refractivity contribution in [2.75, 3.05) is 0 Å². The Hall–Kier alpha value is -2.08. The van der Waals surface area contributed by atoms with Gasteiger partial charge in [-0.15, -0.1) is 0 Å². The van der Waals surface area contributed by atoms with Crippen molar-refractivity contribution in [3.63, 3.8) is 0 Å². The third-order valence-electron chi connectivity index (χ3n) is 2.67. The molecular weight excluding hydrogens is 373 g/mol. The van der Waals surface area contributed by atoms with Gasteiger partial charge in [-0.3, -0.25) is 0 Å². The number of carboxylic acids is 1. The monoisotopic (exact) mass is 383 g/mol. The summed E-state index contributed by atoms with van der Waals surface area (Å²) in [6.45, 7) is 1.71. The Morgan fingerprint density at radius 3 is 2.85 bits per heavy atom. The lowest BCUT2D eigenvalue weighted by atomic mass is 10.2. The summed E-state index contributed by atoms with van der Waals surface area (Å²) in [5.41, 5.74) is 1.02. The molecule has 7 heteroatoms. The number of ether oxygens (including phenoxy) is 1. The Labute approximate surface area is 128 Å². The van der Waals surface area contributed by atoms with Gasteiger partial charge in [0.05, 0.1) is 14.8 Å². The summed E-state index contributed by atoms with van der Waals surface area (Å²) >= 11 is 2.04. The lowest BCUT2D eigenvalue weighted by Gasteiger charge is -2.09. The molecule has 0 aliphatic rings. The normalized spacial score (nSPS) is 10.1. The first kappa shape index (κ1) is 14.3. The van der Waals surface area contributed by atoms with E-state index in [9.17, 15) is 4.79 Å². The Morgan fingerprint density at radius 2 is 2.25 bits per heavy atom. The molecule has 1 aromatic carbocycles. The van der Waals surface area contributed by atoms with Crippen molar-refractivity contribution in [3.05, 3.63) is 38.6 Å². The Kier molecular flexibility index (Phi) is 3.94. The molecule has 0 saturated heterocycles. The minimum absolute atomic E-state index is 0.123. The van der Waals surface area contributed by atoms with E-state index in [1.165, 1.54) is 16.8 Å². The fraction of sp³-hybridized carbons (Fsp3) is 0.154. The molecule has 0 unspecified atom stereocenters. The molecule has 0 fully saturated rings. The van der Waals surface area contributed by atoms with E-state index in [0.29, 0.717) is 22.9 Å². The van der Waals surface area contributed by atoms with Gasteiger partial charge < -0.3 is 9.84 Å². The summed E-state index contributed by atoms with van der Waals surface area (Å²) in [7, 11) is 1.66. The van der Waals surface area contributed by atoms with Gasteiger partial charge in [-0.25, -0.2) is 9.48 Å². The van der Waals surface area contributed by atoms with Crippen LogP contribution in [0.2, 0.25) is 0 Å². The number of hydrogen-bond donors (Lipinski definition) is 1.